The second kappa shape index (κ2) is 6.61. The molecule has 1 aliphatic rings. The Morgan fingerprint density at radius 2 is 1.87 bits per heavy atom. The molecule has 0 aromatic heterocycles. The van der Waals surface area contributed by atoms with Gasteiger partial charge in [0.05, 0.1) is 6.61 Å². The van der Waals surface area contributed by atoms with E-state index in [4.69, 9.17) is 9.16 Å². The fourth-order valence-corrected chi connectivity index (χ4v) is 3.37. The zero-order valence-corrected chi connectivity index (χ0v) is 15.4. The molecule has 1 aromatic rings. The van der Waals surface area contributed by atoms with E-state index in [1.54, 1.807) is 12.1 Å². The van der Waals surface area contributed by atoms with Crippen molar-refractivity contribution in [3.8, 4) is 0 Å². The molecule has 0 saturated carbocycles. The van der Waals surface area contributed by atoms with Crippen molar-refractivity contribution in [3.05, 3.63) is 35.6 Å². The average Bonchev–Trinajstić information content (AvgIpc) is 2.72. The van der Waals surface area contributed by atoms with Gasteiger partial charge in [0.15, 0.2) is 8.32 Å². The molecule has 2 N–H and O–H groups in total. The summed E-state index contributed by atoms with van der Waals surface area (Å²) in [5, 5.41) is 20.5. The predicted molar refractivity (Wildman–Crippen MR) is 89.2 cm³/mol. The van der Waals surface area contributed by atoms with Gasteiger partial charge in [-0.05, 0) is 35.8 Å². The first kappa shape index (κ1) is 18.5. The maximum absolute atomic E-state index is 13.4. The van der Waals surface area contributed by atoms with E-state index in [1.807, 2.05) is 0 Å². The van der Waals surface area contributed by atoms with E-state index < -0.39 is 38.6 Å². The van der Waals surface area contributed by atoms with Crippen molar-refractivity contribution in [2.45, 2.75) is 63.3 Å². The monoisotopic (exact) mass is 342 g/mol. The van der Waals surface area contributed by atoms with Crippen LogP contribution in [0.3, 0.4) is 0 Å². The fourth-order valence-electron chi connectivity index (χ4n) is 2.35. The topological polar surface area (TPSA) is 58.9 Å². The molecule has 0 bridgehead atoms. The number of hydrogen-bond acceptors (Lipinski definition) is 4. The van der Waals surface area contributed by atoms with Gasteiger partial charge in [0.2, 0.25) is 0 Å². The summed E-state index contributed by atoms with van der Waals surface area (Å²) in [6.45, 7) is 10.9. The van der Waals surface area contributed by atoms with Crippen LogP contribution in [0.2, 0.25) is 18.1 Å². The highest BCUT2D eigenvalue weighted by molar-refractivity contribution is 6.74. The van der Waals surface area contributed by atoms with Gasteiger partial charge >= 0.3 is 0 Å². The molecule has 1 heterocycles. The van der Waals surface area contributed by atoms with Gasteiger partial charge in [-0.3, -0.25) is 0 Å². The Kier molecular flexibility index (Phi) is 5.33. The highest BCUT2D eigenvalue weighted by Gasteiger charge is 2.45. The zero-order chi connectivity index (χ0) is 17.4. The minimum Gasteiger partial charge on any atom is -0.414 e. The Balaban J connectivity index is 2.06. The third kappa shape index (κ3) is 4.00. The maximum Gasteiger partial charge on any atom is 0.192 e. The van der Waals surface area contributed by atoms with Crippen molar-refractivity contribution < 1.29 is 23.8 Å². The van der Waals surface area contributed by atoms with Crippen LogP contribution in [-0.4, -0.2) is 43.4 Å². The quantitative estimate of drug-likeness (QED) is 0.826. The van der Waals surface area contributed by atoms with Crippen LogP contribution in [0.4, 0.5) is 4.39 Å². The molecule has 6 heteroatoms. The number of aliphatic hydroxyl groups is 2. The number of aliphatic hydroxyl groups excluding tert-OH is 2. The van der Waals surface area contributed by atoms with Crippen LogP contribution in [0.15, 0.2) is 24.3 Å². The summed E-state index contributed by atoms with van der Waals surface area (Å²) < 4.78 is 25.2. The molecule has 4 nitrogen and oxygen atoms in total. The molecular weight excluding hydrogens is 315 g/mol. The van der Waals surface area contributed by atoms with E-state index >= 15 is 0 Å². The van der Waals surface area contributed by atoms with Crippen molar-refractivity contribution in [1.82, 2.24) is 0 Å². The highest BCUT2D eigenvalue weighted by Crippen LogP contribution is 2.38. The standard InChI is InChI=1S/C17H27FO4Si/c1-17(2,3)23(4,5)21-10-13-14(19)15(20)16(22-13)11-7-6-8-12(18)9-11/h6-9,13-16,19-20H,10H2,1-5H3/t13-,14-,15-,16+/m0/s1. The molecule has 0 spiro atoms. The van der Waals surface area contributed by atoms with E-state index in [0.29, 0.717) is 5.56 Å². The Morgan fingerprint density at radius 3 is 2.43 bits per heavy atom. The number of halogens is 1. The van der Waals surface area contributed by atoms with E-state index in [2.05, 4.69) is 33.9 Å². The molecule has 130 valence electrons. The van der Waals surface area contributed by atoms with Crippen LogP contribution >= 0.6 is 0 Å². The lowest BCUT2D eigenvalue weighted by Crippen LogP contribution is -2.44. The smallest absolute Gasteiger partial charge is 0.192 e. The molecule has 23 heavy (non-hydrogen) atoms. The van der Waals surface area contributed by atoms with Crippen LogP contribution in [0.1, 0.15) is 32.4 Å². The summed E-state index contributed by atoms with van der Waals surface area (Å²) in [5.74, 6) is -0.395. The average molecular weight is 342 g/mol. The summed E-state index contributed by atoms with van der Waals surface area (Å²) in [6.07, 6.45) is -3.50. The van der Waals surface area contributed by atoms with Crippen molar-refractivity contribution in [2.24, 2.45) is 0 Å². The number of benzene rings is 1. The summed E-state index contributed by atoms with van der Waals surface area (Å²) in [4.78, 5) is 0. The highest BCUT2D eigenvalue weighted by atomic mass is 28.4. The van der Waals surface area contributed by atoms with Crippen LogP contribution in [0.25, 0.3) is 0 Å². The van der Waals surface area contributed by atoms with Gasteiger partial charge in [0.25, 0.3) is 0 Å². The molecule has 1 saturated heterocycles. The lowest BCUT2D eigenvalue weighted by molar-refractivity contribution is -0.0198. The van der Waals surface area contributed by atoms with Crippen molar-refractivity contribution in [1.29, 1.82) is 0 Å². The van der Waals surface area contributed by atoms with Gasteiger partial charge in [-0.1, -0.05) is 32.9 Å². The molecule has 1 fully saturated rings. The fraction of sp³-hybridized carbons (Fsp3) is 0.647. The summed E-state index contributed by atoms with van der Waals surface area (Å²) in [6, 6.07) is 5.89. The van der Waals surface area contributed by atoms with E-state index in [1.165, 1.54) is 12.1 Å². The maximum atomic E-state index is 13.4. The van der Waals surface area contributed by atoms with Crippen molar-refractivity contribution >= 4 is 8.32 Å². The van der Waals surface area contributed by atoms with E-state index in [9.17, 15) is 14.6 Å². The van der Waals surface area contributed by atoms with Gasteiger partial charge < -0.3 is 19.4 Å². The lowest BCUT2D eigenvalue weighted by Gasteiger charge is -2.37. The van der Waals surface area contributed by atoms with Crippen molar-refractivity contribution in [3.63, 3.8) is 0 Å². The third-order valence-corrected chi connectivity index (χ3v) is 9.45. The second-order valence-corrected chi connectivity index (χ2v) is 12.5. The Bertz CT molecular complexity index is 544. The van der Waals surface area contributed by atoms with Crippen LogP contribution in [0.5, 0.6) is 0 Å². The van der Waals surface area contributed by atoms with E-state index in [-0.39, 0.29) is 11.6 Å². The molecule has 4 atom stereocenters. The van der Waals surface area contributed by atoms with Crippen molar-refractivity contribution in [2.75, 3.05) is 6.61 Å². The molecule has 2 rings (SSSR count). The first-order chi connectivity index (χ1) is 10.5. The predicted octanol–water partition coefficient (Wildman–Crippen LogP) is 3.01. The van der Waals surface area contributed by atoms with Gasteiger partial charge in [-0.2, -0.15) is 0 Å². The SMILES string of the molecule is CC(C)(C)[Si](C)(C)OC[C@@H]1O[C@H](c2cccc(F)c2)[C@@H](O)[C@H]1O. The number of rotatable bonds is 4. The Morgan fingerprint density at radius 1 is 1.22 bits per heavy atom. The first-order valence-corrected chi connectivity index (χ1v) is 10.8. The second-order valence-electron chi connectivity index (χ2n) is 7.70. The molecule has 0 amide bonds. The zero-order valence-electron chi connectivity index (χ0n) is 14.4. The number of ether oxygens (including phenoxy) is 1. The summed E-state index contributed by atoms with van der Waals surface area (Å²) >= 11 is 0. The first-order valence-electron chi connectivity index (χ1n) is 7.94. The molecule has 0 aliphatic carbocycles. The molecule has 0 radical (unpaired) electrons. The summed E-state index contributed by atoms with van der Waals surface area (Å²) in [7, 11) is -1.97. The third-order valence-electron chi connectivity index (χ3n) is 4.95. The van der Waals surface area contributed by atoms with Crippen LogP contribution < -0.4 is 0 Å². The normalized spacial score (nSPS) is 29.0. The molecular formula is C17H27FO4Si. The Labute approximate surface area is 138 Å². The van der Waals surface area contributed by atoms with E-state index in [0.717, 1.165) is 0 Å². The Hall–Kier alpha value is -0.793. The molecule has 0 unspecified atom stereocenters. The molecule has 1 aromatic carbocycles. The van der Waals surface area contributed by atoms with Crippen LogP contribution in [0, 0.1) is 5.82 Å². The summed E-state index contributed by atoms with van der Waals surface area (Å²) in [5.41, 5.74) is 0.520. The van der Waals surface area contributed by atoms with Gasteiger partial charge in [-0.25, -0.2) is 4.39 Å². The lowest BCUT2D eigenvalue weighted by atomic mass is 10.0. The van der Waals surface area contributed by atoms with Gasteiger partial charge in [-0.15, -0.1) is 0 Å². The minimum atomic E-state index is -1.97. The number of hydrogen-bond donors (Lipinski definition) is 2. The van der Waals surface area contributed by atoms with Gasteiger partial charge in [0.1, 0.15) is 30.2 Å². The minimum absolute atomic E-state index is 0.0527. The largest absolute Gasteiger partial charge is 0.414 e. The van der Waals surface area contributed by atoms with Gasteiger partial charge in [0, 0.05) is 0 Å². The van der Waals surface area contributed by atoms with Crippen LogP contribution in [-0.2, 0) is 9.16 Å². The molecule has 1 aliphatic heterocycles.